The molecule has 0 radical (unpaired) electrons. The third-order valence-electron chi connectivity index (χ3n) is 13.2. The highest BCUT2D eigenvalue weighted by Crippen LogP contribution is 2.36. The normalized spacial score (nSPS) is 11.7. The second kappa shape index (κ2) is 16.4. The van der Waals surface area contributed by atoms with Gasteiger partial charge in [0.25, 0.3) is 0 Å². The number of aromatic nitrogens is 5. The molecule has 12 aromatic rings. The largest absolute Gasteiger partial charge is 0.228 e. The summed E-state index contributed by atoms with van der Waals surface area (Å²) >= 11 is 0. The van der Waals surface area contributed by atoms with Crippen LogP contribution in [0.15, 0.2) is 224 Å². The van der Waals surface area contributed by atoms with E-state index in [1.807, 2.05) is 0 Å². The van der Waals surface area contributed by atoms with E-state index in [-0.39, 0.29) is 5.41 Å². The predicted molar refractivity (Wildman–Crippen MR) is 277 cm³/mol. The van der Waals surface area contributed by atoms with Crippen LogP contribution in [0.4, 0.5) is 0 Å². The molecule has 5 nitrogen and oxygen atoms in total. The highest BCUT2D eigenvalue weighted by Gasteiger charge is 2.24. The van der Waals surface area contributed by atoms with Gasteiger partial charge in [0.1, 0.15) is 0 Å². The van der Waals surface area contributed by atoms with Gasteiger partial charge >= 0.3 is 0 Å². The molecule has 2 heterocycles. The van der Waals surface area contributed by atoms with Crippen LogP contribution < -0.4 is 0 Å². The minimum atomic E-state index is -0.305. The van der Waals surface area contributed by atoms with E-state index in [0.717, 1.165) is 60.9 Å². The van der Waals surface area contributed by atoms with Gasteiger partial charge in [-0.05, 0) is 84.5 Å². The Morgan fingerprint density at radius 3 is 0.925 bits per heavy atom. The number of nitrogens with zero attached hydrogens (tertiary/aromatic N) is 5. The molecule has 5 heteroatoms. The van der Waals surface area contributed by atoms with Crippen LogP contribution in [0.3, 0.4) is 0 Å². The van der Waals surface area contributed by atoms with Crippen LogP contribution in [0, 0.1) is 0 Å². The first-order chi connectivity index (χ1) is 32.9. The Morgan fingerprint density at radius 2 is 0.522 bits per heavy atom. The molecule has 0 bridgehead atoms. The van der Waals surface area contributed by atoms with E-state index in [4.69, 9.17) is 24.9 Å². The third kappa shape index (κ3) is 7.66. The number of benzene rings is 10. The van der Waals surface area contributed by atoms with Gasteiger partial charge in [-0.1, -0.05) is 208 Å². The molecular weight excluding hydrogens is 815 g/mol. The molecule has 67 heavy (non-hydrogen) atoms. The smallest absolute Gasteiger partial charge is 0.164 e. The topological polar surface area (TPSA) is 64.5 Å². The first-order valence-corrected chi connectivity index (χ1v) is 22.7. The van der Waals surface area contributed by atoms with Crippen molar-refractivity contribution in [2.45, 2.75) is 19.3 Å². The molecule has 0 unspecified atom stereocenters. The second-order valence-electron chi connectivity index (χ2n) is 17.8. The predicted octanol–water partition coefficient (Wildman–Crippen LogP) is 15.6. The van der Waals surface area contributed by atoms with Crippen LogP contribution >= 0.6 is 0 Å². The summed E-state index contributed by atoms with van der Waals surface area (Å²) in [5, 5.41) is 9.36. The lowest BCUT2D eigenvalue weighted by molar-refractivity contribution is 0.641. The maximum atomic E-state index is 5.21. The number of hydrogen-bond acceptors (Lipinski definition) is 5. The number of rotatable bonds is 8. The van der Waals surface area contributed by atoms with Gasteiger partial charge in [-0.2, -0.15) is 0 Å². The molecule has 10 aromatic carbocycles. The van der Waals surface area contributed by atoms with Crippen molar-refractivity contribution in [3.8, 4) is 68.1 Å². The summed E-state index contributed by atoms with van der Waals surface area (Å²) < 4.78 is 0. The zero-order valence-corrected chi connectivity index (χ0v) is 37.1. The fraction of sp³-hybridized carbons (Fsp3) is 0.0484. The zero-order chi connectivity index (χ0) is 44.9. The molecular formula is C62H43N5. The Hall–Kier alpha value is -8.67. The Kier molecular flexibility index (Phi) is 9.76. The summed E-state index contributed by atoms with van der Waals surface area (Å²) in [7, 11) is 0. The molecule has 316 valence electrons. The van der Waals surface area contributed by atoms with Crippen LogP contribution in [-0.4, -0.2) is 24.9 Å². The quantitative estimate of drug-likeness (QED) is 0.152. The van der Waals surface area contributed by atoms with Crippen molar-refractivity contribution in [1.82, 2.24) is 24.9 Å². The van der Waals surface area contributed by atoms with Crippen molar-refractivity contribution >= 4 is 43.1 Å². The zero-order valence-electron chi connectivity index (χ0n) is 37.1. The van der Waals surface area contributed by atoms with Crippen LogP contribution in [0.2, 0.25) is 0 Å². The van der Waals surface area contributed by atoms with E-state index in [2.05, 4.69) is 238 Å². The van der Waals surface area contributed by atoms with Crippen LogP contribution in [0.1, 0.15) is 25.0 Å². The van der Waals surface area contributed by atoms with Crippen molar-refractivity contribution in [3.63, 3.8) is 0 Å². The fourth-order valence-corrected chi connectivity index (χ4v) is 9.23. The van der Waals surface area contributed by atoms with Crippen LogP contribution in [0.25, 0.3) is 111 Å². The van der Waals surface area contributed by atoms with E-state index in [1.165, 1.54) is 38.1 Å². The molecule has 0 fully saturated rings. The molecule has 0 saturated heterocycles. The minimum Gasteiger partial charge on any atom is -0.228 e. The molecule has 0 aliphatic carbocycles. The molecule has 0 atom stereocenters. The highest BCUT2D eigenvalue weighted by atomic mass is 15.0. The van der Waals surface area contributed by atoms with E-state index < -0.39 is 0 Å². The van der Waals surface area contributed by atoms with Gasteiger partial charge < -0.3 is 0 Å². The van der Waals surface area contributed by atoms with Crippen molar-refractivity contribution in [2.75, 3.05) is 0 Å². The van der Waals surface area contributed by atoms with E-state index in [1.54, 1.807) is 0 Å². The van der Waals surface area contributed by atoms with E-state index in [9.17, 15) is 0 Å². The Labute approximate surface area is 389 Å². The van der Waals surface area contributed by atoms with Gasteiger partial charge in [-0.15, -0.1) is 0 Å². The van der Waals surface area contributed by atoms with E-state index >= 15 is 0 Å². The summed E-state index contributed by atoms with van der Waals surface area (Å²) in [6.07, 6.45) is 0. The van der Waals surface area contributed by atoms with Gasteiger partial charge in [0.15, 0.2) is 23.3 Å². The Bertz CT molecular complexity index is 3390. The van der Waals surface area contributed by atoms with Gasteiger partial charge in [0, 0.05) is 38.8 Å². The fourth-order valence-electron chi connectivity index (χ4n) is 9.23. The molecule has 12 rings (SSSR count). The summed E-state index contributed by atoms with van der Waals surface area (Å²) in [4.78, 5) is 25.7. The second-order valence-corrected chi connectivity index (χ2v) is 17.8. The SMILES string of the molecule is CC(C)(c1ccc(-c2cc(-c3ccc4ccccc4c3)nc(-c3ccc4ccccc4c3)n2)cc1)c1ccc(-c2nc(-c3ccc4ccccc4c3)nc(-c3ccc4ccccc4c3)n2)cc1. The molecule has 0 aliphatic rings. The Balaban J connectivity index is 0.882. The molecule has 0 saturated carbocycles. The monoisotopic (exact) mass is 857 g/mol. The molecule has 0 amide bonds. The molecule has 0 N–H and O–H groups in total. The van der Waals surface area contributed by atoms with Crippen molar-refractivity contribution in [2.24, 2.45) is 0 Å². The maximum Gasteiger partial charge on any atom is 0.164 e. The maximum absolute atomic E-state index is 5.21. The molecule has 0 aliphatic heterocycles. The van der Waals surface area contributed by atoms with Crippen molar-refractivity contribution < 1.29 is 0 Å². The highest BCUT2D eigenvalue weighted by molar-refractivity contribution is 5.90. The first kappa shape index (κ1) is 39.9. The lowest BCUT2D eigenvalue weighted by Gasteiger charge is -2.26. The molecule has 2 aromatic heterocycles. The number of hydrogen-bond donors (Lipinski definition) is 0. The average molecular weight is 858 g/mol. The van der Waals surface area contributed by atoms with Crippen LogP contribution in [0.5, 0.6) is 0 Å². The standard InChI is InChI=1S/C62H43N5/c1-62(2,54-31-27-44(28-32-54)56-39-57(50-23-19-40-11-3-7-15-46(40)35-50)64-59(63-56)51-24-20-41-12-4-8-16-47(41)36-51)55-33-29-45(30-34-55)58-65-60(52-25-21-42-13-5-9-17-48(42)37-52)67-61(66-58)53-26-22-43-14-6-10-18-49(43)38-53/h3-39H,1-2H3. The summed E-state index contributed by atoms with van der Waals surface area (Å²) in [5.41, 5.74) is 9.71. The Morgan fingerprint density at radius 1 is 0.239 bits per heavy atom. The number of fused-ring (bicyclic) bond motifs is 4. The van der Waals surface area contributed by atoms with E-state index in [0.29, 0.717) is 23.3 Å². The summed E-state index contributed by atoms with van der Waals surface area (Å²) in [6, 6.07) is 79.0. The van der Waals surface area contributed by atoms with Gasteiger partial charge in [-0.25, -0.2) is 24.9 Å². The minimum absolute atomic E-state index is 0.305. The third-order valence-corrected chi connectivity index (χ3v) is 13.2. The molecule has 0 spiro atoms. The lowest BCUT2D eigenvalue weighted by Crippen LogP contribution is -2.18. The van der Waals surface area contributed by atoms with Gasteiger partial charge in [-0.3, -0.25) is 0 Å². The first-order valence-electron chi connectivity index (χ1n) is 22.7. The lowest BCUT2D eigenvalue weighted by atomic mass is 9.77. The van der Waals surface area contributed by atoms with Crippen LogP contribution in [-0.2, 0) is 5.41 Å². The van der Waals surface area contributed by atoms with Crippen molar-refractivity contribution in [1.29, 1.82) is 0 Å². The summed E-state index contributed by atoms with van der Waals surface area (Å²) in [5.74, 6) is 2.61. The summed E-state index contributed by atoms with van der Waals surface area (Å²) in [6.45, 7) is 4.55. The van der Waals surface area contributed by atoms with Crippen molar-refractivity contribution in [3.05, 3.63) is 236 Å². The average Bonchev–Trinajstić information content (AvgIpc) is 3.40. The van der Waals surface area contributed by atoms with Gasteiger partial charge in [0.2, 0.25) is 0 Å². The van der Waals surface area contributed by atoms with Gasteiger partial charge in [0.05, 0.1) is 11.4 Å².